The molecule has 4 heteroatoms. The van der Waals surface area contributed by atoms with Gasteiger partial charge in [0.05, 0.1) is 6.61 Å². The fourth-order valence-electron chi connectivity index (χ4n) is 2.36. The molecule has 20 heavy (non-hydrogen) atoms. The molecule has 1 aromatic rings. The Kier molecular flexibility index (Phi) is 7.70. The lowest BCUT2D eigenvalue weighted by Gasteiger charge is -2.16. The van der Waals surface area contributed by atoms with Gasteiger partial charge < -0.3 is 10.1 Å². The van der Waals surface area contributed by atoms with Gasteiger partial charge in [0, 0.05) is 24.9 Å². The first-order valence-corrected chi connectivity index (χ1v) is 7.61. The van der Waals surface area contributed by atoms with Crippen molar-refractivity contribution >= 4 is 0 Å². The minimum atomic E-state index is 0.604. The van der Waals surface area contributed by atoms with Crippen LogP contribution >= 0.6 is 0 Å². The highest BCUT2D eigenvalue weighted by Gasteiger charge is 2.12. The van der Waals surface area contributed by atoms with Gasteiger partial charge in [0.25, 0.3) is 0 Å². The maximum absolute atomic E-state index is 5.09. The third kappa shape index (κ3) is 5.55. The van der Waals surface area contributed by atoms with Gasteiger partial charge in [-0.05, 0) is 51.3 Å². The average Bonchev–Trinajstić information content (AvgIpc) is 2.41. The lowest BCUT2D eigenvalue weighted by molar-refractivity contribution is 0.200. The predicted octanol–water partition coefficient (Wildman–Crippen LogP) is 2.46. The SMILES string of the molecule is CCCNCC(C)Cc1c(C)nc(CCOC)nc1C. The van der Waals surface area contributed by atoms with Crippen LogP contribution in [0.4, 0.5) is 0 Å². The maximum Gasteiger partial charge on any atom is 0.131 e. The standard InChI is InChI=1S/C16H29N3O/c1-6-8-17-11-12(2)10-15-13(3)18-16(7-9-20-5)19-14(15)4/h12,17H,6-11H2,1-5H3. The van der Waals surface area contributed by atoms with Gasteiger partial charge in [-0.2, -0.15) is 0 Å². The van der Waals surface area contributed by atoms with E-state index in [0.717, 1.165) is 43.1 Å². The van der Waals surface area contributed by atoms with Crippen LogP contribution in [0.2, 0.25) is 0 Å². The fourth-order valence-corrected chi connectivity index (χ4v) is 2.36. The Hall–Kier alpha value is -1.00. The Balaban J connectivity index is 2.65. The van der Waals surface area contributed by atoms with Crippen LogP contribution in [-0.2, 0) is 17.6 Å². The van der Waals surface area contributed by atoms with E-state index >= 15 is 0 Å². The van der Waals surface area contributed by atoms with Gasteiger partial charge in [-0.25, -0.2) is 9.97 Å². The first-order valence-electron chi connectivity index (χ1n) is 7.61. The van der Waals surface area contributed by atoms with E-state index in [4.69, 9.17) is 4.74 Å². The number of nitrogens with zero attached hydrogens (tertiary/aromatic N) is 2. The molecule has 0 aliphatic carbocycles. The number of rotatable bonds is 9. The van der Waals surface area contributed by atoms with Crippen LogP contribution in [0, 0.1) is 19.8 Å². The number of ether oxygens (including phenoxy) is 1. The van der Waals surface area contributed by atoms with Crippen molar-refractivity contribution in [2.45, 2.75) is 47.0 Å². The Morgan fingerprint density at radius 3 is 2.40 bits per heavy atom. The van der Waals surface area contributed by atoms with Crippen LogP contribution in [0.3, 0.4) is 0 Å². The summed E-state index contributed by atoms with van der Waals surface area (Å²) in [6, 6.07) is 0. The molecule has 0 fully saturated rings. The molecule has 0 saturated heterocycles. The molecule has 1 atom stereocenters. The maximum atomic E-state index is 5.09. The molecule has 0 amide bonds. The van der Waals surface area contributed by atoms with Crippen molar-refractivity contribution in [2.24, 2.45) is 5.92 Å². The summed E-state index contributed by atoms with van der Waals surface area (Å²) in [4.78, 5) is 9.22. The van der Waals surface area contributed by atoms with Gasteiger partial charge in [0.1, 0.15) is 5.82 Å². The average molecular weight is 279 g/mol. The molecule has 1 N–H and O–H groups in total. The number of hydrogen-bond acceptors (Lipinski definition) is 4. The second-order valence-electron chi connectivity index (χ2n) is 5.55. The molecule has 1 aromatic heterocycles. The number of nitrogens with one attached hydrogen (secondary N) is 1. The summed E-state index contributed by atoms with van der Waals surface area (Å²) in [6.07, 6.45) is 3.01. The summed E-state index contributed by atoms with van der Waals surface area (Å²) in [6.45, 7) is 11.5. The topological polar surface area (TPSA) is 47.0 Å². The van der Waals surface area contributed by atoms with Crippen LogP contribution < -0.4 is 5.32 Å². The summed E-state index contributed by atoms with van der Waals surface area (Å²) < 4.78 is 5.09. The lowest BCUT2D eigenvalue weighted by atomic mass is 9.98. The zero-order valence-electron chi connectivity index (χ0n) is 13.6. The molecule has 1 unspecified atom stereocenters. The molecule has 1 heterocycles. The van der Waals surface area contributed by atoms with Gasteiger partial charge in [-0.15, -0.1) is 0 Å². The van der Waals surface area contributed by atoms with Crippen LogP contribution in [0.1, 0.15) is 43.0 Å². The molecular weight excluding hydrogens is 250 g/mol. The minimum absolute atomic E-state index is 0.604. The van der Waals surface area contributed by atoms with Gasteiger partial charge in [-0.3, -0.25) is 0 Å². The summed E-state index contributed by atoms with van der Waals surface area (Å²) >= 11 is 0. The number of hydrogen-bond donors (Lipinski definition) is 1. The summed E-state index contributed by atoms with van der Waals surface area (Å²) in [5, 5.41) is 3.48. The Morgan fingerprint density at radius 1 is 1.20 bits per heavy atom. The van der Waals surface area contributed by atoms with E-state index in [9.17, 15) is 0 Å². The molecule has 1 rings (SSSR count). The van der Waals surface area contributed by atoms with E-state index in [-0.39, 0.29) is 0 Å². The van der Waals surface area contributed by atoms with E-state index in [1.165, 1.54) is 12.0 Å². The van der Waals surface area contributed by atoms with E-state index in [1.807, 2.05) is 0 Å². The van der Waals surface area contributed by atoms with Gasteiger partial charge in [0.2, 0.25) is 0 Å². The predicted molar refractivity (Wildman–Crippen MR) is 83.1 cm³/mol. The van der Waals surface area contributed by atoms with E-state index in [0.29, 0.717) is 12.5 Å². The van der Waals surface area contributed by atoms with Gasteiger partial charge >= 0.3 is 0 Å². The van der Waals surface area contributed by atoms with E-state index < -0.39 is 0 Å². The normalized spacial score (nSPS) is 12.7. The number of aromatic nitrogens is 2. The molecule has 0 spiro atoms. The summed E-state index contributed by atoms with van der Waals surface area (Å²) in [7, 11) is 1.71. The van der Waals surface area contributed by atoms with E-state index in [1.54, 1.807) is 7.11 Å². The Morgan fingerprint density at radius 2 is 1.85 bits per heavy atom. The molecule has 0 radical (unpaired) electrons. The van der Waals surface area contributed by atoms with Crippen LogP contribution in [0.15, 0.2) is 0 Å². The highest BCUT2D eigenvalue weighted by molar-refractivity contribution is 5.25. The van der Waals surface area contributed by atoms with Gasteiger partial charge in [-0.1, -0.05) is 13.8 Å². The van der Waals surface area contributed by atoms with Gasteiger partial charge in [0.15, 0.2) is 0 Å². The van der Waals surface area contributed by atoms with Crippen LogP contribution in [0.5, 0.6) is 0 Å². The largest absolute Gasteiger partial charge is 0.384 e. The smallest absolute Gasteiger partial charge is 0.131 e. The molecule has 0 aliphatic rings. The quantitative estimate of drug-likeness (QED) is 0.705. The van der Waals surface area contributed by atoms with Crippen molar-refractivity contribution in [2.75, 3.05) is 26.8 Å². The number of aryl methyl sites for hydroxylation is 2. The molecule has 0 saturated carbocycles. The van der Waals surface area contributed by atoms with Crippen molar-refractivity contribution < 1.29 is 4.74 Å². The van der Waals surface area contributed by atoms with Crippen molar-refractivity contribution in [3.05, 3.63) is 22.8 Å². The molecule has 0 aromatic carbocycles. The van der Waals surface area contributed by atoms with Crippen molar-refractivity contribution in [3.8, 4) is 0 Å². The molecule has 0 aliphatic heterocycles. The second kappa shape index (κ2) is 9.03. The zero-order chi connectivity index (χ0) is 15.0. The highest BCUT2D eigenvalue weighted by Crippen LogP contribution is 2.15. The van der Waals surface area contributed by atoms with Crippen LogP contribution in [0.25, 0.3) is 0 Å². The third-order valence-electron chi connectivity index (χ3n) is 3.47. The third-order valence-corrected chi connectivity index (χ3v) is 3.47. The summed E-state index contributed by atoms with van der Waals surface area (Å²) in [5.74, 6) is 1.50. The minimum Gasteiger partial charge on any atom is -0.384 e. The molecule has 4 nitrogen and oxygen atoms in total. The first-order chi connectivity index (χ1) is 9.58. The summed E-state index contributed by atoms with van der Waals surface area (Å²) in [5.41, 5.74) is 3.54. The monoisotopic (exact) mass is 279 g/mol. The van der Waals surface area contributed by atoms with E-state index in [2.05, 4.69) is 43.0 Å². The van der Waals surface area contributed by atoms with Crippen molar-refractivity contribution in [3.63, 3.8) is 0 Å². The fraction of sp³-hybridized carbons (Fsp3) is 0.750. The Bertz CT molecular complexity index is 384. The van der Waals surface area contributed by atoms with Crippen molar-refractivity contribution in [1.29, 1.82) is 0 Å². The Labute approximate surface area is 123 Å². The first kappa shape index (κ1) is 17.1. The second-order valence-corrected chi connectivity index (χ2v) is 5.55. The molecule has 0 bridgehead atoms. The molecular formula is C16H29N3O. The van der Waals surface area contributed by atoms with Crippen LogP contribution in [-0.4, -0.2) is 36.8 Å². The number of methoxy groups -OCH3 is 1. The molecule has 114 valence electrons. The van der Waals surface area contributed by atoms with Crippen molar-refractivity contribution in [1.82, 2.24) is 15.3 Å². The lowest BCUT2D eigenvalue weighted by Crippen LogP contribution is -2.24. The highest BCUT2D eigenvalue weighted by atomic mass is 16.5. The zero-order valence-corrected chi connectivity index (χ0v) is 13.6.